The minimum atomic E-state index is -0.504. The summed E-state index contributed by atoms with van der Waals surface area (Å²) in [4.78, 5) is 34.5. The number of hydrogen-bond donors (Lipinski definition) is 2. The van der Waals surface area contributed by atoms with E-state index in [4.69, 9.17) is 0 Å². The molecule has 27 heavy (non-hydrogen) atoms. The molecule has 7 nitrogen and oxygen atoms in total. The van der Waals surface area contributed by atoms with Gasteiger partial charge < -0.3 is 10.6 Å². The molecule has 3 aliphatic rings. The Morgan fingerprint density at radius 3 is 2.56 bits per heavy atom. The summed E-state index contributed by atoms with van der Waals surface area (Å²) in [5.74, 6) is 2.84. The summed E-state index contributed by atoms with van der Waals surface area (Å²) in [7, 11) is 0. The molecule has 3 aliphatic carbocycles. The van der Waals surface area contributed by atoms with E-state index in [1.165, 1.54) is 49.9 Å². The van der Waals surface area contributed by atoms with Crippen molar-refractivity contribution >= 4 is 17.5 Å². The molecule has 144 valence electrons. The lowest BCUT2D eigenvalue weighted by molar-refractivity contribution is -0.384. The third kappa shape index (κ3) is 3.55. The van der Waals surface area contributed by atoms with Gasteiger partial charge in [-0.25, -0.2) is 0 Å². The number of nitro groups is 1. The minimum Gasteiger partial charge on any atom is -0.353 e. The van der Waals surface area contributed by atoms with E-state index in [0.717, 1.165) is 24.2 Å². The third-order valence-electron chi connectivity index (χ3n) is 6.75. The fraction of sp³-hybridized carbons (Fsp3) is 0.600. The van der Waals surface area contributed by atoms with Crippen LogP contribution >= 0.6 is 0 Å². The number of amides is 2. The zero-order valence-corrected chi connectivity index (χ0v) is 15.2. The molecule has 2 amide bonds. The Hall–Kier alpha value is -2.44. The summed E-state index contributed by atoms with van der Waals surface area (Å²) in [6.45, 7) is 0.258. The van der Waals surface area contributed by atoms with Crippen molar-refractivity contribution in [3.8, 4) is 0 Å². The predicted molar refractivity (Wildman–Crippen MR) is 99.0 cm³/mol. The second-order valence-electron chi connectivity index (χ2n) is 8.14. The Kier molecular flexibility index (Phi) is 4.85. The van der Waals surface area contributed by atoms with E-state index >= 15 is 0 Å². The largest absolute Gasteiger partial charge is 0.353 e. The van der Waals surface area contributed by atoms with Gasteiger partial charge in [0.2, 0.25) is 5.91 Å². The van der Waals surface area contributed by atoms with Gasteiger partial charge in [-0.15, -0.1) is 0 Å². The van der Waals surface area contributed by atoms with Crippen molar-refractivity contribution in [2.45, 2.75) is 44.6 Å². The van der Waals surface area contributed by atoms with Crippen LogP contribution in [-0.2, 0) is 4.79 Å². The van der Waals surface area contributed by atoms with Crippen molar-refractivity contribution in [3.63, 3.8) is 0 Å². The number of hydrogen-bond acceptors (Lipinski definition) is 4. The second kappa shape index (κ2) is 7.29. The van der Waals surface area contributed by atoms with E-state index < -0.39 is 4.92 Å². The molecule has 5 unspecified atom stereocenters. The predicted octanol–water partition coefficient (Wildman–Crippen LogP) is 2.66. The number of carbonyl (C=O) groups is 2. The lowest BCUT2D eigenvalue weighted by Crippen LogP contribution is -2.43. The Morgan fingerprint density at radius 1 is 1.07 bits per heavy atom. The monoisotopic (exact) mass is 371 g/mol. The van der Waals surface area contributed by atoms with Crippen LogP contribution in [0.25, 0.3) is 0 Å². The van der Waals surface area contributed by atoms with E-state index in [9.17, 15) is 19.7 Å². The summed E-state index contributed by atoms with van der Waals surface area (Å²) >= 11 is 0. The van der Waals surface area contributed by atoms with Crippen LogP contribution < -0.4 is 10.6 Å². The summed E-state index contributed by atoms with van der Waals surface area (Å²) in [6.07, 6.45) is 6.69. The standard InChI is InChI=1S/C20H25N3O4/c24-19(22-18-11-13-10-17(18)16-3-1-2-15(13)16)8-9-21-20(25)12-4-6-14(7-5-12)23(26)27/h4-7,13,15-18H,1-3,8-11H2,(H,21,25)(H,22,24). The normalized spacial score (nSPS) is 30.7. The number of carbonyl (C=O) groups excluding carboxylic acids is 2. The second-order valence-corrected chi connectivity index (χ2v) is 8.14. The van der Waals surface area contributed by atoms with Gasteiger partial charge in [0.25, 0.3) is 11.6 Å². The van der Waals surface area contributed by atoms with Gasteiger partial charge in [0.15, 0.2) is 0 Å². The first-order valence-corrected chi connectivity index (χ1v) is 9.85. The number of benzene rings is 1. The lowest BCUT2D eigenvalue weighted by Gasteiger charge is -2.32. The Balaban J connectivity index is 1.21. The molecule has 1 aromatic carbocycles. The van der Waals surface area contributed by atoms with E-state index in [1.54, 1.807) is 0 Å². The van der Waals surface area contributed by atoms with Crippen LogP contribution in [0.15, 0.2) is 24.3 Å². The maximum atomic E-state index is 12.3. The topological polar surface area (TPSA) is 101 Å². The Labute approximate surface area is 158 Å². The first-order valence-electron chi connectivity index (χ1n) is 9.85. The van der Waals surface area contributed by atoms with Gasteiger partial charge in [0.1, 0.15) is 0 Å². The van der Waals surface area contributed by atoms with Gasteiger partial charge in [0, 0.05) is 36.7 Å². The highest BCUT2D eigenvalue weighted by Gasteiger charge is 2.53. The van der Waals surface area contributed by atoms with E-state index in [0.29, 0.717) is 17.5 Å². The highest BCUT2D eigenvalue weighted by molar-refractivity contribution is 5.94. The van der Waals surface area contributed by atoms with Crippen molar-refractivity contribution in [1.29, 1.82) is 0 Å². The Bertz CT molecular complexity index is 748. The van der Waals surface area contributed by atoms with Crippen LogP contribution in [0, 0.1) is 33.8 Å². The molecule has 2 bridgehead atoms. The van der Waals surface area contributed by atoms with Crippen molar-refractivity contribution in [2.24, 2.45) is 23.7 Å². The number of nitrogens with one attached hydrogen (secondary N) is 2. The number of nitrogens with zero attached hydrogens (tertiary/aromatic N) is 1. The summed E-state index contributed by atoms with van der Waals surface area (Å²) in [6, 6.07) is 5.74. The van der Waals surface area contributed by atoms with Gasteiger partial charge in [-0.2, -0.15) is 0 Å². The van der Waals surface area contributed by atoms with Crippen LogP contribution in [-0.4, -0.2) is 29.3 Å². The molecule has 0 heterocycles. The summed E-state index contributed by atoms with van der Waals surface area (Å²) in [5, 5.41) is 16.5. The Morgan fingerprint density at radius 2 is 1.81 bits per heavy atom. The molecule has 3 saturated carbocycles. The molecule has 0 spiro atoms. The average Bonchev–Trinajstić information content (AvgIpc) is 3.34. The van der Waals surface area contributed by atoms with E-state index in [1.807, 2.05) is 0 Å². The third-order valence-corrected chi connectivity index (χ3v) is 6.75. The van der Waals surface area contributed by atoms with Gasteiger partial charge in [-0.3, -0.25) is 19.7 Å². The maximum Gasteiger partial charge on any atom is 0.269 e. The molecular weight excluding hydrogens is 346 g/mol. The number of rotatable bonds is 6. The maximum absolute atomic E-state index is 12.3. The van der Waals surface area contributed by atoms with Crippen molar-refractivity contribution in [3.05, 3.63) is 39.9 Å². The highest BCUT2D eigenvalue weighted by Crippen LogP contribution is 2.58. The molecule has 0 saturated heterocycles. The van der Waals surface area contributed by atoms with Crippen molar-refractivity contribution in [1.82, 2.24) is 10.6 Å². The average molecular weight is 371 g/mol. The number of non-ortho nitro benzene ring substituents is 1. The van der Waals surface area contributed by atoms with Gasteiger partial charge >= 0.3 is 0 Å². The van der Waals surface area contributed by atoms with Crippen LogP contribution in [0.1, 0.15) is 48.9 Å². The molecule has 4 rings (SSSR count). The van der Waals surface area contributed by atoms with Gasteiger partial charge in [0.05, 0.1) is 4.92 Å². The zero-order chi connectivity index (χ0) is 19.0. The van der Waals surface area contributed by atoms with Crippen LogP contribution in [0.2, 0.25) is 0 Å². The minimum absolute atomic E-state index is 0.00824. The fourth-order valence-electron chi connectivity index (χ4n) is 5.64. The van der Waals surface area contributed by atoms with Gasteiger partial charge in [-0.05, 0) is 61.5 Å². The van der Waals surface area contributed by atoms with Crippen molar-refractivity contribution in [2.75, 3.05) is 6.54 Å². The quantitative estimate of drug-likeness (QED) is 0.593. The van der Waals surface area contributed by atoms with Crippen LogP contribution in [0.5, 0.6) is 0 Å². The number of nitro benzene ring substituents is 1. The summed E-state index contributed by atoms with van der Waals surface area (Å²) < 4.78 is 0. The highest BCUT2D eigenvalue weighted by atomic mass is 16.6. The summed E-state index contributed by atoms with van der Waals surface area (Å²) in [5.41, 5.74) is 0.294. The molecule has 0 radical (unpaired) electrons. The van der Waals surface area contributed by atoms with Crippen molar-refractivity contribution < 1.29 is 14.5 Å². The molecule has 3 fully saturated rings. The van der Waals surface area contributed by atoms with Crippen LogP contribution in [0.4, 0.5) is 5.69 Å². The lowest BCUT2D eigenvalue weighted by atomic mass is 9.79. The SMILES string of the molecule is O=C(CCNC(=O)c1ccc([N+](=O)[O-])cc1)NC1CC2CC1C1CCCC21. The number of fused-ring (bicyclic) bond motifs is 5. The molecule has 2 N–H and O–H groups in total. The van der Waals surface area contributed by atoms with Gasteiger partial charge in [-0.1, -0.05) is 6.42 Å². The molecule has 5 atom stereocenters. The molecule has 0 aliphatic heterocycles. The molecule has 0 aromatic heterocycles. The van der Waals surface area contributed by atoms with Crippen LogP contribution in [0.3, 0.4) is 0 Å². The van der Waals surface area contributed by atoms with E-state index in [-0.39, 0.29) is 30.5 Å². The first kappa shape index (κ1) is 17.9. The fourth-order valence-corrected chi connectivity index (χ4v) is 5.64. The molecular formula is C20H25N3O4. The van der Waals surface area contributed by atoms with E-state index in [2.05, 4.69) is 10.6 Å². The zero-order valence-electron chi connectivity index (χ0n) is 15.2. The molecule has 7 heteroatoms. The molecule has 1 aromatic rings. The first-order chi connectivity index (χ1) is 13.0. The smallest absolute Gasteiger partial charge is 0.269 e.